The van der Waals surface area contributed by atoms with E-state index in [-0.39, 0.29) is 16.9 Å². The third kappa shape index (κ3) is 6.38. The van der Waals surface area contributed by atoms with Gasteiger partial charge in [-0.15, -0.1) is 0 Å². The maximum Gasteiger partial charge on any atom is 0.282 e. The second-order valence-electron chi connectivity index (χ2n) is 10.4. The maximum absolute atomic E-state index is 13.6. The molecule has 0 aliphatic heterocycles. The highest BCUT2D eigenvalue weighted by Gasteiger charge is 2.23. The van der Waals surface area contributed by atoms with Gasteiger partial charge in [-0.3, -0.25) is 4.79 Å². The number of benzene rings is 2. The van der Waals surface area contributed by atoms with Crippen molar-refractivity contribution >= 4 is 49.0 Å². The molecule has 1 aliphatic rings. The van der Waals surface area contributed by atoms with Gasteiger partial charge in [0.15, 0.2) is 11.5 Å². The van der Waals surface area contributed by atoms with Gasteiger partial charge in [-0.1, -0.05) is 56.0 Å². The van der Waals surface area contributed by atoms with E-state index in [1.54, 1.807) is 6.21 Å². The lowest BCUT2D eigenvalue weighted by Gasteiger charge is -2.23. The van der Waals surface area contributed by atoms with Crippen molar-refractivity contribution in [1.29, 1.82) is 0 Å². The molecule has 0 radical (unpaired) electrons. The van der Waals surface area contributed by atoms with E-state index in [9.17, 15) is 4.79 Å². The zero-order chi connectivity index (χ0) is 25.9. The molecular formula is C28H33Br2N3O3. The molecule has 0 unspecified atom stereocenters. The lowest BCUT2D eigenvalue weighted by molar-refractivity contribution is 0.187. The minimum atomic E-state index is -0.160. The Kier molecular flexibility index (Phi) is 8.56. The van der Waals surface area contributed by atoms with Gasteiger partial charge in [0.05, 0.1) is 34.8 Å². The van der Waals surface area contributed by atoms with E-state index in [0.29, 0.717) is 35.6 Å². The molecule has 1 aromatic heterocycles. The van der Waals surface area contributed by atoms with Crippen LogP contribution in [0.15, 0.2) is 49.2 Å². The molecule has 1 aliphatic carbocycles. The van der Waals surface area contributed by atoms with Gasteiger partial charge in [-0.05, 0) is 77.0 Å². The van der Waals surface area contributed by atoms with Gasteiger partial charge in [0.2, 0.25) is 0 Å². The van der Waals surface area contributed by atoms with Crippen molar-refractivity contribution in [2.45, 2.75) is 65.7 Å². The zero-order valence-electron chi connectivity index (χ0n) is 21.3. The molecule has 0 spiro atoms. The van der Waals surface area contributed by atoms with E-state index in [4.69, 9.17) is 14.5 Å². The van der Waals surface area contributed by atoms with Crippen LogP contribution in [-0.4, -0.2) is 29.1 Å². The largest absolute Gasteiger partial charge is 0.490 e. The molecule has 0 saturated heterocycles. The van der Waals surface area contributed by atoms with Crippen LogP contribution in [0.5, 0.6) is 11.5 Å². The molecule has 1 heterocycles. The van der Waals surface area contributed by atoms with Crippen molar-refractivity contribution < 1.29 is 9.47 Å². The Morgan fingerprint density at radius 1 is 1.11 bits per heavy atom. The van der Waals surface area contributed by atoms with Crippen molar-refractivity contribution in [2.24, 2.45) is 10.5 Å². The minimum absolute atomic E-state index is 0.0117. The van der Waals surface area contributed by atoms with E-state index < -0.39 is 0 Å². The summed E-state index contributed by atoms with van der Waals surface area (Å²) in [5, 5.41) is 5.22. The Morgan fingerprint density at radius 3 is 2.56 bits per heavy atom. The fraction of sp³-hybridized carbons (Fsp3) is 0.464. The molecule has 3 aromatic rings. The maximum atomic E-state index is 13.6. The van der Waals surface area contributed by atoms with E-state index in [1.807, 2.05) is 37.3 Å². The normalized spacial score (nSPS) is 15.1. The monoisotopic (exact) mass is 617 g/mol. The highest BCUT2D eigenvalue weighted by atomic mass is 79.9. The average Bonchev–Trinajstić information content (AvgIpc) is 2.83. The average molecular weight is 619 g/mol. The molecule has 0 N–H and O–H groups in total. The van der Waals surface area contributed by atoms with Gasteiger partial charge in [0, 0.05) is 10.4 Å². The molecule has 36 heavy (non-hydrogen) atoms. The highest BCUT2D eigenvalue weighted by Crippen LogP contribution is 2.38. The third-order valence-corrected chi connectivity index (χ3v) is 7.19. The molecule has 192 valence electrons. The van der Waals surface area contributed by atoms with Crippen LogP contribution in [0.25, 0.3) is 10.9 Å². The van der Waals surface area contributed by atoms with E-state index in [1.165, 1.54) is 11.1 Å². The summed E-state index contributed by atoms with van der Waals surface area (Å²) in [5.41, 5.74) is 1.35. The summed E-state index contributed by atoms with van der Waals surface area (Å²) < 4.78 is 15.1. The Bertz CT molecular complexity index is 1320. The van der Waals surface area contributed by atoms with Gasteiger partial charge >= 0.3 is 0 Å². The van der Waals surface area contributed by atoms with Gasteiger partial charge < -0.3 is 9.47 Å². The third-order valence-electron chi connectivity index (χ3n) is 6.11. The van der Waals surface area contributed by atoms with Gasteiger partial charge in [-0.2, -0.15) is 9.78 Å². The number of aromatic nitrogens is 2. The standard InChI is InChI=1S/C28H33Br2N3O3/c1-5-35-24-14-18(13-22(30)25(24)36-17-28(2,3)4)16-31-33-26(19-9-7-6-8-10-19)32-23-12-11-20(29)15-21(23)27(33)34/h11-16,19H,5-10,17H2,1-4H3. The first kappa shape index (κ1) is 26.9. The second kappa shape index (κ2) is 11.5. The molecule has 2 aromatic carbocycles. The molecule has 1 saturated carbocycles. The minimum Gasteiger partial charge on any atom is -0.490 e. The van der Waals surface area contributed by atoms with Crippen LogP contribution in [0.2, 0.25) is 0 Å². The molecular weight excluding hydrogens is 586 g/mol. The van der Waals surface area contributed by atoms with Crippen molar-refractivity contribution in [2.75, 3.05) is 13.2 Å². The van der Waals surface area contributed by atoms with Crippen molar-refractivity contribution in [3.8, 4) is 11.5 Å². The van der Waals surface area contributed by atoms with E-state index in [2.05, 4.69) is 57.7 Å². The summed E-state index contributed by atoms with van der Waals surface area (Å²) in [6.45, 7) is 9.38. The SMILES string of the molecule is CCOc1cc(C=Nn2c(C3CCCCC3)nc3ccc(Br)cc3c2=O)cc(Br)c1OCC(C)(C)C. The lowest BCUT2D eigenvalue weighted by atomic mass is 9.88. The predicted octanol–water partition coefficient (Wildman–Crippen LogP) is 7.68. The summed E-state index contributed by atoms with van der Waals surface area (Å²) in [7, 11) is 0. The van der Waals surface area contributed by atoms with Gasteiger partial charge in [0.25, 0.3) is 5.56 Å². The summed E-state index contributed by atoms with van der Waals surface area (Å²) in [6.07, 6.45) is 7.24. The number of hydrogen-bond acceptors (Lipinski definition) is 5. The van der Waals surface area contributed by atoms with Crippen LogP contribution in [0.4, 0.5) is 0 Å². The number of halogens is 2. The molecule has 6 nitrogen and oxygen atoms in total. The van der Waals surface area contributed by atoms with Crippen molar-refractivity contribution in [3.63, 3.8) is 0 Å². The van der Waals surface area contributed by atoms with Crippen LogP contribution >= 0.6 is 31.9 Å². The van der Waals surface area contributed by atoms with Crippen molar-refractivity contribution in [3.05, 3.63) is 61.0 Å². The Balaban J connectivity index is 1.77. The fourth-order valence-corrected chi connectivity index (χ4v) is 5.32. The van der Waals surface area contributed by atoms with Crippen LogP contribution < -0.4 is 15.0 Å². The Hall–Kier alpha value is -2.19. The second-order valence-corrected chi connectivity index (χ2v) is 12.2. The number of fused-ring (bicyclic) bond motifs is 1. The van der Waals surface area contributed by atoms with Crippen LogP contribution in [0, 0.1) is 5.41 Å². The number of hydrogen-bond donors (Lipinski definition) is 0. The molecule has 0 amide bonds. The molecule has 0 atom stereocenters. The van der Waals surface area contributed by atoms with Crippen LogP contribution in [0.3, 0.4) is 0 Å². The topological polar surface area (TPSA) is 65.7 Å². The number of rotatable bonds is 7. The van der Waals surface area contributed by atoms with Gasteiger partial charge in [0.1, 0.15) is 5.82 Å². The molecule has 4 rings (SSSR count). The number of ether oxygens (including phenoxy) is 2. The van der Waals surface area contributed by atoms with Crippen LogP contribution in [-0.2, 0) is 0 Å². The number of nitrogens with zero attached hydrogens (tertiary/aromatic N) is 3. The highest BCUT2D eigenvalue weighted by molar-refractivity contribution is 9.10. The molecule has 8 heteroatoms. The summed E-state index contributed by atoms with van der Waals surface area (Å²) in [6, 6.07) is 9.45. The van der Waals surface area contributed by atoms with Crippen LogP contribution in [0.1, 0.15) is 77.1 Å². The molecule has 1 fully saturated rings. The van der Waals surface area contributed by atoms with Crippen molar-refractivity contribution in [1.82, 2.24) is 9.66 Å². The first-order valence-corrected chi connectivity index (χ1v) is 14.1. The fourth-order valence-electron chi connectivity index (χ4n) is 4.38. The quantitative estimate of drug-likeness (QED) is 0.255. The van der Waals surface area contributed by atoms with E-state index in [0.717, 1.165) is 46.0 Å². The lowest BCUT2D eigenvalue weighted by Crippen LogP contribution is -2.25. The first-order valence-electron chi connectivity index (χ1n) is 12.5. The predicted molar refractivity (Wildman–Crippen MR) is 153 cm³/mol. The summed E-state index contributed by atoms with van der Waals surface area (Å²) in [4.78, 5) is 18.5. The van der Waals surface area contributed by atoms with E-state index >= 15 is 0 Å². The van der Waals surface area contributed by atoms with Gasteiger partial charge in [-0.25, -0.2) is 4.98 Å². The smallest absolute Gasteiger partial charge is 0.282 e. The first-order chi connectivity index (χ1) is 17.2. The summed E-state index contributed by atoms with van der Waals surface area (Å²) in [5.74, 6) is 2.26. The zero-order valence-corrected chi connectivity index (χ0v) is 24.5. The molecule has 0 bridgehead atoms. The summed E-state index contributed by atoms with van der Waals surface area (Å²) >= 11 is 7.12. The Morgan fingerprint density at radius 2 is 1.86 bits per heavy atom. The Labute approximate surface area is 229 Å².